The summed E-state index contributed by atoms with van der Waals surface area (Å²) in [4.78, 5) is 28.7. The fourth-order valence-corrected chi connectivity index (χ4v) is 3.69. The van der Waals surface area contributed by atoms with Crippen LogP contribution in [0.1, 0.15) is 34.7 Å². The predicted octanol–water partition coefficient (Wildman–Crippen LogP) is 3.77. The number of ether oxygens (including phenoxy) is 1. The van der Waals surface area contributed by atoms with Crippen LogP contribution in [0.15, 0.2) is 59.8 Å². The number of hydrogen-bond donors (Lipinski definition) is 1. The highest BCUT2D eigenvalue weighted by atomic mass is 32.2. The van der Waals surface area contributed by atoms with E-state index < -0.39 is 11.9 Å². The van der Waals surface area contributed by atoms with Crippen molar-refractivity contribution in [3.05, 3.63) is 77.6 Å². The Morgan fingerprint density at radius 1 is 1.27 bits per heavy atom. The van der Waals surface area contributed by atoms with Gasteiger partial charge in [0.1, 0.15) is 23.4 Å². The van der Waals surface area contributed by atoms with Crippen LogP contribution >= 0.6 is 11.8 Å². The molecule has 0 aliphatic heterocycles. The lowest BCUT2D eigenvalue weighted by atomic mass is 10.1. The number of benzene rings is 2. The van der Waals surface area contributed by atoms with Crippen LogP contribution in [0.2, 0.25) is 0 Å². The monoisotopic (exact) mass is 427 g/mol. The minimum atomic E-state index is -0.519. The molecule has 2 aromatic carbocycles. The molecule has 3 aromatic rings. The van der Waals surface area contributed by atoms with Gasteiger partial charge in [0, 0.05) is 29.9 Å². The number of aryl methyl sites for hydroxylation is 1. The number of aromatic nitrogens is 2. The van der Waals surface area contributed by atoms with Gasteiger partial charge >= 0.3 is 0 Å². The van der Waals surface area contributed by atoms with Gasteiger partial charge < -0.3 is 14.6 Å². The number of amides is 1. The molecule has 0 radical (unpaired) electrons. The van der Waals surface area contributed by atoms with Crippen LogP contribution in [0, 0.1) is 5.82 Å². The Hall–Kier alpha value is -3.13. The molecule has 0 aliphatic carbocycles. The molecule has 156 valence electrons. The molecule has 30 heavy (non-hydrogen) atoms. The van der Waals surface area contributed by atoms with E-state index in [2.05, 4.69) is 10.3 Å². The summed E-state index contributed by atoms with van der Waals surface area (Å²) < 4.78 is 21.3. The number of ketones is 1. The highest BCUT2D eigenvalue weighted by Gasteiger charge is 2.21. The summed E-state index contributed by atoms with van der Waals surface area (Å²) in [5.74, 6) is 0.349. The zero-order chi connectivity index (χ0) is 21.7. The Kier molecular flexibility index (Phi) is 6.89. The molecule has 0 saturated heterocycles. The number of rotatable bonds is 8. The quantitative estimate of drug-likeness (QED) is 0.438. The zero-order valence-corrected chi connectivity index (χ0v) is 17.7. The van der Waals surface area contributed by atoms with Gasteiger partial charge in [-0.15, -0.1) is 11.8 Å². The van der Waals surface area contributed by atoms with E-state index in [0.717, 1.165) is 17.3 Å². The Labute approximate surface area is 178 Å². The van der Waals surface area contributed by atoms with Crippen molar-refractivity contribution in [2.45, 2.75) is 17.9 Å². The van der Waals surface area contributed by atoms with Crippen molar-refractivity contribution in [2.75, 3.05) is 12.9 Å². The van der Waals surface area contributed by atoms with Gasteiger partial charge in [-0.1, -0.05) is 18.2 Å². The maximum absolute atomic E-state index is 14.2. The molecule has 1 N–H and O–H groups in total. The Morgan fingerprint density at radius 2 is 2.07 bits per heavy atom. The second kappa shape index (κ2) is 9.58. The van der Waals surface area contributed by atoms with Gasteiger partial charge in [0.15, 0.2) is 5.78 Å². The van der Waals surface area contributed by atoms with Gasteiger partial charge in [0.05, 0.1) is 12.9 Å². The van der Waals surface area contributed by atoms with Crippen molar-refractivity contribution in [1.29, 1.82) is 0 Å². The van der Waals surface area contributed by atoms with Crippen LogP contribution in [-0.4, -0.2) is 34.1 Å². The highest BCUT2D eigenvalue weighted by Crippen LogP contribution is 2.26. The zero-order valence-electron chi connectivity index (χ0n) is 16.9. The van der Waals surface area contributed by atoms with E-state index in [0.29, 0.717) is 22.0 Å². The third-order valence-corrected chi connectivity index (χ3v) is 5.59. The fraction of sp³-hybridized carbons (Fsp3) is 0.227. The average Bonchev–Trinajstić information content (AvgIpc) is 3.16. The number of nitrogens with zero attached hydrogens (tertiary/aromatic N) is 2. The number of imidazole rings is 1. The van der Waals surface area contributed by atoms with Crippen LogP contribution in [0.5, 0.6) is 5.75 Å². The van der Waals surface area contributed by atoms with E-state index in [1.807, 2.05) is 35.9 Å². The molecule has 0 spiro atoms. The molecule has 1 aromatic heterocycles. The van der Waals surface area contributed by atoms with Crippen molar-refractivity contribution in [3.8, 4) is 5.75 Å². The maximum atomic E-state index is 14.2. The minimum absolute atomic E-state index is 0.0151. The lowest BCUT2D eigenvalue weighted by Gasteiger charge is -2.19. The lowest BCUT2D eigenvalue weighted by molar-refractivity contribution is -0.119. The number of carbonyl (C=O) groups is 2. The van der Waals surface area contributed by atoms with Gasteiger partial charge in [0.2, 0.25) is 5.91 Å². The second-order valence-corrected chi connectivity index (χ2v) is 7.68. The predicted molar refractivity (Wildman–Crippen MR) is 113 cm³/mol. The molecule has 0 fully saturated rings. The number of carbonyl (C=O) groups excluding carboxylic acids is 2. The molecule has 1 unspecified atom stereocenters. The van der Waals surface area contributed by atoms with Crippen molar-refractivity contribution in [3.63, 3.8) is 0 Å². The van der Waals surface area contributed by atoms with E-state index in [1.165, 1.54) is 19.1 Å². The van der Waals surface area contributed by atoms with Gasteiger partial charge in [-0.3, -0.25) is 9.59 Å². The molecule has 1 atom stereocenters. The summed E-state index contributed by atoms with van der Waals surface area (Å²) in [6.45, 7) is 1.38. The number of halogens is 1. The number of Topliss-reactive ketones (excluding diaryl/α,β-unsaturated/α-hetero) is 1. The average molecular weight is 428 g/mol. The number of hydrogen-bond acceptors (Lipinski definition) is 5. The first kappa shape index (κ1) is 21.6. The molecular formula is C22H22FN3O3S. The van der Waals surface area contributed by atoms with Crippen LogP contribution in [0.25, 0.3) is 0 Å². The van der Waals surface area contributed by atoms with Crippen molar-refractivity contribution < 1.29 is 18.7 Å². The first-order valence-electron chi connectivity index (χ1n) is 9.23. The van der Waals surface area contributed by atoms with E-state index in [1.54, 1.807) is 25.6 Å². The third kappa shape index (κ3) is 5.07. The van der Waals surface area contributed by atoms with E-state index in [4.69, 9.17) is 4.74 Å². The van der Waals surface area contributed by atoms with E-state index >= 15 is 0 Å². The van der Waals surface area contributed by atoms with Crippen LogP contribution in [0.3, 0.4) is 0 Å². The smallest absolute Gasteiger partial charge is 0.231 e. The molecule has 1 amide bonds. The molecule has 8 heteroatoms. The normalized spacial score (nSPS) is 11.7. The summed E-state index contributed by atoms with van der Waals surface area (Å²) in [5, 5.41) is 2.97. The summed E-state index contributed by atoms with van der Waals surface area (Å²) in [7, 11) is 3.43. The van der Waals surface area contributed by atoms with Crippen LogP contribution in [-0.2, 0) is 11.8 Å². The SMILES string of the molecule is COc1cccc(C(NC(=O)CSc2ccc(C(C)=O)cc2F)c2nccn2C)c1. The summed E-state index contributed by atoms with van der Waals surface area (Å²) in [5.41, 5.74) is 1.12. The van der Waals surface area contributed by atoms with Crippen LogP contribution < -0.4 is 10.1 Å². The molecule has 3 rings (SSSR count). The van der Waals surface area contributed by atoms with Gasteiger partial charge in [-0.05, 0) is 36.8 Å². The van der Waals surface area contributed by atoms with Crippen molar-refractivity contribution in [1.82, 2.24) is 14.9 Å². The van der Waals surface area contributed by atoms with Crippen molar-refractivity contribution in [2.24, 2.45) is 7.05 Å². The minimum Gasteiger partial charge on any atom is -0.497 e. The van der Waals surface area contributed by atoms with E-state index in [-0.39, 0.29) is 17.4 Å². The molecule has 6 nitrogen and oxygen atoms in total. The standard InChI is InChI=1S/C22H22FN3O3S/c1-14(27)15-7-8-19(18(23)12-15)30-13-20(28)25-21(22-24-9-10-26(22)2)16-5-4-6-17(11-16)29-3/h4-12,21H,13H2,1-3H3,(H,25,28). The van der Waals surface area contributed by atoms with Gasteiger partial charge in [0.25, 0.3) is 0 Å². The number of thioether (sulfide) groups is 1. The second-order valence-electron chi connectivity index (χ2n) is 6.66. The molecule has 0 aliphatic rings. The number of nitrogens with one attached hydrogen (secondary N) is 1. The molecule has 0 bridgehead atoms. The van der Waals surface area contributed by atoms with E-state index in [9.17, 15) is 14.0 Å². The Balaban J connectivity index is 1.75. The lowest BCUT2D eigenvalue weighted by Crippen LogP contribution is -2.32. The maximum Gasteiger partial charge on any atom is 0.231 e. The third-order valence-electron chi connectivity index (χ3n) is 4.55. The first-order chi connectivity index (χ1) is 14.4. The highest BCUT2D eigenvalue weighted by molar-refractivity contribution is 8.00. The molecular weight excluding hydrogens is 405 g/mol. The number of methoxy groups -OCH3 is 1. The topological polar surface area (TPSA) is 73.2 Å². The molecule has 1 heterocycles. The summed E-state index contributed by atoms with van der Waals surface area (Å²) in [6, 6.07) is 11.2. The first-order valence-corrected chi connectivity index (χ1v) is 10.2. The summed E-state index contributed by atoms with van der Waals surface area (Å²) >= 11 is 1.07. The van der Waals surface area contributed by atoms with Crippen LogP contribution in [0.4, 0.5) is 4.39 Å². The summed E-state index contributed by atoms with van der Waals surface area (Å²) in [6.07, 6.45) is 3.46. The van der Waals surface area contributed by atoms with Gasteiger partial charge in [-0.25, -0.2) is 9.37 Å². The largest absolute Gasteiger partial charge is 0.497 e. The van der Waals surface area contributed by atoms with Crippen molar-refractivity contribution >= 4 is 23.5 Å². The molecule has 0 saturated carbocycles. The van der Waals surface area contributed by atoms with Gasteiger partial charge in [-0.2, -0.15) is 0 Å². The fourth-order valence-electron chi connectivity index (χ4n) is 2.96. The Morgan fingerprint density at radius 3 is 2.70 bits per heavy atom. The Bertz CT molecular complexity index is 1070.